The fourth-order valence-corrected chi connectivity index (χ4v) is 4.35. The first-order chi connectivity index (χ1) is 13.2. The predicted octanol–water partition coefficient (Wildman–Crippen LogP) is 2.55. The summed E-state index contributed by atoms with van der Waals surface area (Å²) < 4.78 is 11.3. The van der Waals surface area contributed by atoms with Crippen molar-refractivity contribution < 1.29 is 19.1 Å². The van der Waals surface area contributed by atoms with Crippen molar-refractivity contribution in [3.05, 3.63) is 36.4 Å². The molecule has 0 bridgehead atoms. The fraction of sp³-hybridized carbons (Fsp3) is 0.524. The van der Waals surface area contributed by atoms with Gasteiger partial charge in [0.1, 0.15) is 13.2 Å². The molecule has 144 valence electrons. The molecule has 0 aromatic heterocycles. The number of piperidine rings is 1. The van der Waals surface area contributed by atoms with Gasteiger partial charge < -0.3 is 19.3 Å². The molecule has 1 aromatic carbocycles. The van der Waals surface area contributed by atoms with Gasteiger partial charge >= 0.3 is 0 Å². The third-order valence-electron chi connectivity index (χ3n) is 5.82. The van der Waals surface area contributed by atoms with Crippen LogP contribution in [0.5, 0.6) is 11.5 Å². The summed E-state index contributed by atoms with van der Waals surface area (Å²) in [5, 5.41) is 0. The first-order valence-corrected chi connectivity index (χ1v) is 9.78. The van der Waals surface area contributed by atoms with Gasteiger partial charge in [-0.1, -0.05) is 12.6 Å². The lowest BCUT2D eigenvalue weighted by Gasteiger charge is -2.35. The second-order valence-electron chi connectivity index (χ2n) is 7.40. The van der Waals surface area contributed by atoms with E-state index in [0.717, 1.165) is 49.3 Å². The van der Waals surface area contributed by atoms with Crippen molar-refractivity contribution in [2.24, 2.45) is 5.92 Å². The summed E-state index contributed by atoms with van der Waals surface area (Å²) in [6, 6.07) is 6.12. The Hall–Kier alpha value is -2.50. The number of carbonyl (C=O) groups is 2. The van der Waals surface area contributed by atoms with Crippen LogP contribution in [0.15, 0.2) is 30.9 Å². The highest BCUT2D eigenvalue weighted by Gasteiger charge is 2.36. The molecule has 0 spiro atoms. The van der Waals surface area contributed by atoms with Crippen molar-refractivity contribution in [1.29, 1.82) is 0 Å². The van der Waals surface area contributed by atoms with Crippen molar-refractivity contribution in [2.45, 2.75) is 31.7 Å². The highest BCUT2D eigenvalue weighted by molar-refractivity contribution is 5.87. The quantitative estimate of drug-likeness (QED) is 0.768. The Kier molecular flexibility index (Phi) is 5.05. The summed E-state index contributed by atoms with van der Waals surface area (Å²) >= 11 is 0. The molecule has 0 radical (unpaired) electrons. The lowest BCUT2D eigenvalue weighted by Crippen LogP contribution is -2.43. The second-order valence-corrected chi connectivity index (χ2v) is 7.40. The lowest BCUT2D eigenvalue weighted by molar-refractivity contribution is -0.140. The summed E-state index contributed by atoms with van der Waals surface area (Å²) in [6.45, 7) is 6.73. The van der Waals surface area contributed by atoms with Gasteiger partial charge in [0.15, 0.2) is 11.5 Å². The fourth-order valence-electron chi connectivity index (χ4n) is 4.35. The maximum atomic E-state index is 13.2. The number of fused-ring (bicyclic) bond motifs is 1. The molecule has 3 aliphatic rings. The highest BCUT2D eigenvalue weighted by atomic mass is 16.6. The first kappa shape index (κ1) is 17.9. The Morgan fingerprint density at radius 1 is 1.04 bits per heavy atom. The molecule has 0 N–H and O–H groups in total. The molecule has 4 rings (SSSR count). The van der Waals surface area contributed by atoms with Gasteiger partial charge in [0.05, 0.1) is 6.04 Å². The zero-order valence-electron chi connectivity index (χ0n) is 15.6. The first-order valence-electron chi connectivity index (χ1n) is 9.78. The van der Waals surface area contributed by atoms with E-state index in [9.17, 15) is 9.59 Å². The van der Waals surface area contributed by atoms with E-state index in [1.54, 1.807) is 4.90 Å². The molecular weight excluding hydrogens is 344 g/mol. The smallest absolute Gasteiger partial charge is 0.245 e. The second kappa shape index (κ2) is 7.62. The summed E-state index contributed by atoms with van der Waals surface area (Å²) in [7, 11) is 0. The Bertz CT molecular complexity index is 740. The average molecular weight is 370 g/mol. The van der Waals surface area contributed by atoms with Crippen molar-refractivity contribution in [3.8, 4) is 11.5 Å². The monoisotopic (exact) mass is 370 g/mol. The molecule has 2 fully saturated rings. The van der Waals surface area contributed by atoms with Crippen molar-refractivity contribution >= 4 is 11.8 Å². The molecule has 1 aromatic rings. The van der Waals surface area contributed by atoms with Gasteiger partial charge in [-0.3, -0.25) is 9.59 Å². The van der Waals surface area contributed by atoms with Crippen LogP contribution in [0.4, 0.5) is 0 Å². The molecule has 0 saturated carbocycles. The van der Waals surface area contributed by atoms with Gasteiger partial charge in [-0.2, -0.15) is 0 Å². The van der Waals surface area contributed by atoms with Crippen LogP contribution in [0.3, 0.4) is 0 Å². The van der Waals surface area contributed by atoms with E-state index in [1.807, 2.05) is 17.0 Å². The molecule has 6 heteroatoms. The minimum absolute atomic E-state index is 0.00308. The molecule has 1 atom stereocenters. The minimum Gasteiger partial charge on any atom is -0.486 e. The molecular formula is C21H26N2O4. The standard InChI is InChI=1S/C21H26N2O4/c1-2-20(24)22-10-7-15(8-11-22)21(25)23-9-3-4-17(23)16-5-6-18-19(14-16)27-13-12-26-18/h2,5-6,14-15,17H,1,3-4,7-13H2. The molecule has 3 heterocycles. The number of rotatable bonds is 3. The maximum Gasteiger partial charge on any atom is 0.245 e. The normalized spacial score (nSPS) is 22.6. The van der Waals surface area contributed by atoms with Crippen LogP contribution in [0.25, 0.3) is 0 Å². The number of ether oxygens (including phenoxy) is 2. The van der Waals surface area contributed by atoms with E-state index in [2.05, 4.69) is 12.6 Å². The SMILES string of the molecule is C=CC(=O)N1CCC(C(=O)N2CCCC2c2ccc3c(c2)OCCO3)CC1. The number of carbonyl (C=O) groups excluding carboxylic acids is 2. The van der Waals surface area contributed by atoms with Gasteiger partial charge in [0.2, 0.25) is 11.8 Å². The Morgan fingerprint density at radius 3 is 2.52 bits per heavy atom. The topological polar surface area (TPSA) is 59.1 Å². The number of nitrogens with zero attached hydrogens (tertiary/aromatic N) is 2. The highest BCUT2D eigenvalue weighted by Crippen LogP contribution is 2.39. The van der Waals surface area contributed by atoms with E-state index in [1.165, 1.54) is 6.08 Å². The van der Waals surface area contributed by atoms with Crippen LogP contribution in [-0.2, 0) is 9.59 Å². The predicted molar refractivity (Wildman–Crippen MR) is 101 cm³/mol. The molecule has 2 amide bonds. The summed E-state index contributed by atoms with van der Waals surface area (Å²) in [4.78, 5) is 28.7. The van der Waals surface area contributed by atoms with Gasteiger partial charge in [0.25, 0.3) is 0 Å². The maximum absolute atomic E-state index is 13.2. The van der Waals surface area contributed by atoms with Crippen molar-refractivity contribution in [1.82, 2.24) is 9.80 Å². The molecule has 6 nitrogen and oxygen atoms in total. The molecule has 1 unspecified atom stereocenters. The van der Waals surface area contributed by atoms with Crippen LogP contribution < -0.4 is 9.47 Å². The molecule has 27 heavy (non-hydrogen) atoms. The number of amides is 2. The molecule has 3 aliphatic heterocycles. The Balaban J connectivity index is 1.45. The Labute approximate surface area is 159 Å². The summed E-state index contributed by atoms with van der Waals surface area (Å²) in [5.41, 5.74) is 1.12. The minimum atomic E-state index is -0.0452. The van der Waals surface area contributed by atoms with E-state index in [0.29, 0.717) is 26.3 Å². The van der Waals surface area contributed by atoms with Gasteiger partial charge in [0, 0.05) is 25.6 Å². The number of hydrogen-bond donors (Lipinski definition) is 0. The average Bonchev–Trinajstić information content (AvgIpc) is 3.22. The number of likely N-dealkylation sites (tertiary alicyclic amines) is 2. The Morgan fingerprint density at radius 2 is 1.78 bits per heavy atom. The molecule has 2 saturated heterocycles. The van der Waals surface area contributed by atoms with Crippen LogP contribution in [0.2, 0.25) is 0 Å². The van der Waals surface area contributed by atoms with Gasteiger partial charge in [-0.15, -0.1) is 0 Å². The van der Waals surface area contributed by atoms with E-state index < -0.39 is 0 Å². The van der Waals surface area contributed by atoms with Crippen molar-refractivity contribution in [2.75, 3.05) is 32.8 Å². The van der Waals surface area contributed by atoms with E-state index in [-0.39, 0.29) is 23.8 Å². The third-order valence-corrected chi connectivity index (χ3v) is 5.82. The van der Waals surface area contributed by atoms with Crippen molar-refractivity contribution in [3.63, 3.8) is 0 Å². The van der Waals surface area contributed by atoms with Gasteiger partial charge in [-0.05, 0) is 49.5 Å². The van der Waals surface area contributed by atoms with Gasteiger partial charge in [-0.25, -0.2) is 0 Å². The van der Waals surface area contributed by atoms with Crippen LogP contribution in [0.1, 0.15) is 37.3 Å². The van der Waals surface area contributed by atoms with E-state index in [4.69, 9.17) is 9.47 Å². The number of benzene rings is 1. The zero-order valence-corrected chi connectivity index (χ0v) is 15.6. The van der Waals surface area contributed by atoms with E-state index >= 15 is 0 Å². The largest absolute Gasteiger partial charge is 0.486 e. The molecule has 0 aliphatic carbocycles. The van der Waals surface area contributed by atoms with Crippen LogP contribution >= 0.6 is 0 Å². The van der Waals surface area contributed by atoms with Crippen LogP contribution in [0, 0.1) is 5.92 Å². The zero-order chi connectivity index (χ0) is 18.8. The summed E-state index contributed by atoms with van der Waals surface area (Å²) in [6.07, 6.45) is 4.78. The lowest BCUT2D eigenvalue weighted by atomic mass is 9.94. The number of hydrogen-bond acceptors (Lipinski definition) is 4. The third kappa shape index (κ3) is 3.53. The van der Waals surface area contributed by atoms with Crippen LogP contribution in [-0.4, -0.2) is 54.5 Å². The summed E-state index contributed by atoms with van der Waals surface area (Å²) in [5.74, 6) is 1.72.